The van der Waals surface area contributed by atoms with Crippen LogP contribution in [-0.4, -0.2) is 96.8 Å². The van der Waals surface area contributed by atoms with Crippen LogP contribution in [0.2, 0.25) is 0 Å². The molecule has 0 amide bonds. The molecule has 0 aromatic heterocycles. The molecular formula is C40H74N2O5S3. The number of aliphatic carboxylic acids is 1. The highest BCUT2D eigenvalue weighted by Gasteiger charge is 2.66. The summed E-state index contributed by atoms with van der Waals surface area (Å²) in [4.78, 5) is 11.6. The normalized spacial score (nSPS) is 35.7. The summed E-state index contributed by atoms with van der Waals surface area (Å²) >= 11 is 5.94. The van der Waals surface area contributed by atoms with Crippen LogP contribution in [0.4, 0.5) is 0 Å². The summed E-state index contributed by atoms with van der Waals surface area (Å²) in [6.07, 6.45) is 14.6. The fourth-order valence-corrected chi connectivity index (χ4v) is 13.2. The van der Waals surface area contributed by atoms with E-state index in [1.165, 1.54) is 37.2 Å². The van der Waals surface area contributed by atoms with Crippen molar-refractivity contribution in [3.8, 4) is 0 Å². The van der Waals surface area contributed by atoms with Crippen molar-refractivity contribution in [1.82, 2.24) is 0 Å². The molecule has 4 rings (SSSR count). The highest BCUT2D eigenvalue weighted by atomic mass is 32.2. The quantitative estimate of drug-likeness (QED) is 0.0787. The van der Waals surface area contributed by atoms with Gasteiger partial charge in [0.1, 0.15) is 0 Å². The van der Waals surface area contributed by atoms with Gasteiger partial charge in [-0.15, -0.1) is 0 Å². The molecule has 292 valence electrons. The van der Waals surface area contributed by atoms with Gasteiger partial charge >= 0.3 is 5.97 Å². The SMILES string of the molecule is CCCSCCCO[C@@H]1CC2C[C@H](OCCCSCCN)CC[C@]2(C)C2C[C@H](OCCCSCCN)[C@]3(C)C(C(C)CCC(=O)O)CCC3C21. The fraction of sp³-hybridized carbons (Fsp3) is 0.975. The van der Waals surface area contributed by atoms with E-state index in [9.17, 15) is 9.90 Å². The standard InChI is InChI=1S/C40H74N2O5S3/c1-5-20-48-21-7-18-46-35-27-30-26-31(45-17-6-22-49-24-15-41)13-14-39(30,3)34-28-36(47-19-8-23-50-25-16-42)40(4)32(10-11-33(40)38(34)35)29(2)9-12-37(43)44/h29-36,38H,5-28,41-42H2,1-4H3,(H,43,44)/t29?,30?,31-,32?,33?,34?,35-,36+,38?,39+,40-/m1/s1. The molecule has 50 heavy (non-hydrogen) atoms. The molecule has 6 unspecified atom stereocenters. The van der Waals surface area contributed by atoms with Gasteiger partial charge in [0.15, 0.2) is 0 Å². The topological polar surface area (TPSA) is 117 Å². The zero-order chi connectivity index (χ0) is 36.0. The van der Waals surface area contributed by atoms with Crippen molar-refractivity contribution in [3.05, 3.63) is 0 Å². The zero-order valence-corrected chi connectivity index (χ0v) is 34.6. The summed E-state index contributed by atoms with van der Waals surface area (Å²) in [5.74, 6) is 9.12. The first-order valence-electron chi connectivity index (χ1n) is 20.4. The van der Waals surface area contributed by atoms with E-state index in [2.05, 4.69) is 39.5 Å². The fourth-order valence-electron chi connectivity index (χ4n) is 11.0. The molecule has 0 heterocycles. The van der Waals surface area contributed by atoms with Gasteiger partial charge in [0.05, 0.1) is 18.3 Å². The number of ether oxygens (including phenoxy) is 3. The molecule has 4 saturated carbocycles. The molecule has 10 heteroatoms. The summed E-state index contributed by atoms with van der Waals surface area (Å²) in [5.41, 5.74) is 11.8. The Morgan fingerprint density at radius 2 is 1.46 bits per heavy atom. The smallest absolute Gasteiger partial charge is 0.303 e. The first kappa shape index (κ1) is 43.1. The third kappa shape index (κ3) is 11.2. The van der Waals surface area contributed by atoms with E-state index < -0.39 is 5.97 Å². The Kier molecular flexibility index (Phi) is 19.0. The molecule has 0 aromatic carbocycles. The molecule has 0 spiro atoms. The monoisotopic (exact) mass is 758 g/mol. The van der Waals surface area contributed by atoms with Gasteiger partial charge in [0.25, 0.3) is 0 Å². The lowest BCUT2D eigenvalue weighted by molar-refractivity contribution is -0.227. The molecule has 0 aromatic rings. The summed E-state index contributed by atoms with van der Waals surface area (Å²) in [7, 11) is 0. The predicted octanol–water partition coefficient (Wildman–Crippen LogP) is 8.22. The van der Waals surface area contributed by atoms with E-state index in [0.29, 0.717) is 41.6 Å². The van der Waals surface area contributed by atoms with Gasteiger partial charge in [0.2, 0.25) is 0 Å². The van der Waals surface area contributed by atoms with Crippen molar-refractivity contribution in [1.29, 1.82) is 0 Å². The van der Waals surface area contributed by atoms with E-state index in [4.69, 9.17) is 25.7 Å². The number of carbonyl (C=O) groups is 1. The van der Waals surface area contributed by atoms with Crippen LogP contribution < -0.4 is 11.5 Å². The number of nitrogens with two attached hydrogens (primary N) is 2. The molecule has 0 bridgehead atoms. The Hall–Kier alpha value is 0.320. The van der Waals surface area contributed by atoms with Gasteiger partial charge < -0.3 is 30.8 Å². The van der Waals surface area contributed by atoms with Crippen LogP contribution >= 0.6 is 35.3 Å². The Bertz CT molecular complexity index is 981. The molecule has 0 aliphatic heterocycles. The van der Waals surface area contributed by atoms with Crippen LogP contribution in [0.15, 0.2) is 0 Å². The van der Waals surface area contributed by atoms with E-state index in [-0.39, 0.29) is 29.5 Å². The molecule has 11 atom stereocenters. The van der Waals surface area contributed by atoms with E-state index in [0.717, 1.165) is 107 Å². The van der Waals surface area contributed by atoms with Crippen LogP contribution in [0.3, 0.4) is 0 Å². The highest BCUT2D eigenvalue weighted by molar-refractivity contribution is 7.99. The van der Waals surface area contributed by atoms with Crippen molar-refractivity contribution in [2.75, 3.05) is 67.4 Å². The Morgan fingerprint density at radius 1 is 0.820 bits per heavy atom. The summed E-state index contributed by atoms with van der Waals surface area (Å²) < 4.78 is 20.8. The van der Waals surface area contributed by atoms with E-state index >= 15 is 0 Å². The minimum Gasteiger partial charge on any atom is -0.481 e. The minimum atomic E-state index is -0.676. The number of carboxylic acids is 1. The third-order valence-corrected chi connectivity index (χ3v) is 16.9. The largest absolute Gasteiger partial charge is 0.481 e. The summed E-state index contributed by atoms with van der Waals surface area (Å²) in [6.45, 7) is 13.8. The lowest BCUT2D eigenvalue weighted by atomic mass is 9.43. The van der Waals surface area contributed by atoms with Crippen LogP contribution in [0.1, 0.15) is 111 Å². The maximum atomic E-state index is 11.6. The van der Waals surface area contributed by atoms with Crippen LogP contribution in [0, 0.1) is 46.3 Å². The first-order valence-corrected chi connectivity index (χ1v) is 23.9. The summed E-state index contributed by atoms with van der Waals surface area (Å²) in [6, 6.07) is 0. The van der Waals surface area contributed by atoms with Crippen LogP contribution in [0.5, 0.6) is 0 Å². The molecule has 7 nitrogen and oxygen atoms in total. The average molecular weight is 759 g/mol. The molecular weight excluding hydrogens is 685 g/mol. The van der Waals surface area contributed by atoms with Crippen molar-refractivity contribution >= 4 is 41.3 Å². The second-order valence-electron chi connectivity index (χ2n) is 16.4. The molecule has 4 aliphatic rings. The second kappa shape index (κ2) is 22.0. The zero-order valence-electron chi connectivity index (χ0n) is 32.1. The Morgan fingerprint density at radius 3 is 2.10 bits per heavy atom. The van der Waals surface area contributed by atoms with Crippen molar-refractivity contribution in [3.63, 3.8) is 0 Å². The van der Waals surface area contributed by atoms with Gasteiger partial charge in [-0.05, 0) is 141 Å². The number of hydrogen-bond donors (Lipinski definition) is 3. The van der Waals surface area contributed by atoms with Crippen molar-refractivity contribution in [2.24, 2.45) is 57.8 Å². The summed E-state index contributed by atoms with van der Waals surface area (Å²) in [5, 5.41) is 9.58. The van der Waals surface area contributed by atoms with E-state index in [1.807, 2.05) is 23.5 Å². The lowest BCUT2D eigenvalue weighted by Gasteiger charge is -2.65. The highest BCUT2D eigenvalue weighted by Crippen LogP contribution is 2.69. The van der Waals surface area contributed by atoms with Gasteiger partial charge in [-0.2, -0.15) is 35.3 Å². The van der Waals surface area contributed by atoms with Gasteiger partial charge in [0, 0.05) is 56.3 Å². The minimum absolute atomic E-state index is 0.0352. The maximum Gasteiger partial charge on any atom is 0.303 e. The van der Waals surface area contributed by atoms with Crippen molar-refractivity contribution in [2.45, 2.75) is 129 Å². The lowest BCUT2D eigenvalue weighted by Crippen LogP contribution is -2.63. The number of fused-ring (bicyclic) bond motifs is 5. The average Bonchev–Trinajstić information content (AvgIpc) is 3.46. The molecule has 0 saturated heterocycles. The number of hydrogen-bond acceptors (Lipinski definition) is 9. The van der Waals surface area contributed by atoms with Crippen LogP contribution in [-0.2, 0) is 19.0 Å². The van der Waals surface area contributed by atoms with Crippen LogP contribution in [0.25, 0.3) is 0 Å². The van der Waals surface area contributed by atoms with E-state index in [1.54, 1.807) is 0 Å². The predicted molar refractivity (Wildman–Crippen MR) is 215 cm³/mol. The maximum absolute atomic E-state index is 11.6. The van der Waals surface area contributed by atoms with Crippen molar-refractivity contribution < 1.29 is 24.1 Å². The third-order valence-electron chi connectivity index (χ3n) is 13.4. The number of thioether (sulfide) groups is 3. The Balaban J connectivity index is 1.55. The number of carboxylic acid groups (broad SMARTS) is 1. The first-order chi connectivity index (χ1) is 24.2. The molecule has 4 fully saturated rings. The van der Waals surface area contributed by atoms with Gasteiger partial charge in [-0.25, -0.2) is 0 Å². The van der Waals surface area contributed by atoms with Gasteiger partial charge in [-0.3, -0.25) is 4.79 Å². The molecule has 4 aliphatic carbocycles. The molecule has 5 N–H and O–H groups in total. The number of rotatable bonds is 25. The second-order valence-corrected chi connectivity index (χ2v) is 20.1. The Labute approximate surface area is 318 Å². The molecule has 0 radical (unpaired) electrons. The van der Waals surface area contributed by atoms with Gasteiger partial charge in [-0.1, -0.05) is 27.7 Å².